The summed E-state index contributed by atoms with van der Waals surface area (Å²) in [5, 5.41) is 25.5. The van der Waals surface area contributed by atoms with E-state index in [0.29, 0.717) is 38.1 Å². The predicted octanol–water partition coefficient (Wildman–Crippen LogP) is 2.52. The molecule has 1 aromatic rings. The topological polar surface area (TPSA) is 122 Å². The second-order valence-corrected chi connectivity index (χ2v) is 6.54. The highest BCUT2D eigenvalue weighted by atomic mass is 19.4. The molecule has 28 heavy (non-hydrogen) atoms. The number of hydrogen-bond acceptors (Lipinski definition) is 6. The molecule has 2 fully saturated rings. The lowest BCUT2D eigenvalue weighted by Crippen LogP contribution is -2.49. The second-order valence-electron chi connectivity index (χ2n) is 6.54. The summed E-state index contributed by atoms with van der Waals surface area (Å²) in [6, 6.07) is -0.0238. The number of anilines is 1. The van der Waals surface area contributed by atoms with Gasteiger partial charge in [0.05, 0.1) is 21.5 Å². The molecular weight excluding hydrogens is 387 g/mol. The van der Waals surface area contributed by atoms with Gasteiger partial charge in [-0.05, 0) is 12.8 Å². The van der Waals surface area contributed by atoms with Crippen LogP contribution in [-0.2, 0) is 6.18 Å². The number of nitrogens with one attached hydrogen (secondary N) is 1. The second kappa shape index (κ2) is 7.13. The first-order valence-electron chi connectivity index (χ1n) is 8.43. The van der Waals surface area contributed by atoms with Gasteiger partial charge in [0.15, 0.2) is 5.69 Å². The van der Waals surface area contributed by atoms with E-state index >= 15 is 0 Å². The summed E-state index contributed by atoms with van der Waals surface area (Å²) in [6.07, 6.45) is -3.90. The fourth-order valence-corrected chi connectivity index (χ4v) is 3.62. The van der Waals surface area contributed by atoms with Crippen LogP contribution in [0.2, 0.25) is 0 Å². The molecule has 0 spiro atoms. The third-order valence-corrected chi connectivity index (χ3v) is 4.83. The number of nitrogens with zero attached hydrogens (tertiary/aromatic N) is 4. The molecular formula is C15H16F3N5O5. The van der Waals surface area contributed by atoms with Crippen LogP contribution in [0.5, 0.6) is 0 Å². The molecule has 1 unspecified atom stereocenters. The van der Waals surface area contributed by atoms with E-state index in [2.05, 4.69) is 5.32 Å². The van der Waals surface area contributed by atoms with Gasteiger partial charge < -0.3 is 15.1 Å². The SMILES string of the molecule is O=C1NCCN1C1CCCN(c2c([N+](=O)[O-])cc(C(F)(F)F)cc2[N+](=O)[O-])C1. The van der Waals surface area contributed by atoms with Crippen LogP contribution in [0.25, 0.3) is 0 Å². The minimum absolute atomic E-state index is 0.0560. The summed E-state index contributed by atoms with van der Waals surface area (Å²) < 4.78 is 39.1. The molecule has 2 amide bonds. The van der Waals surface area contributed by atoms with E-state index < -0.39 is 38.6 Å². The highest BCUT2D eigenvalue weighted by Crippen LogP contribution is 2.44. The molecule has 1 aromatic carbocycles. The van der Waals surface area contributed by atoms with Gasteiger partial charge in [-0.2, -0.15) is 13.2 Å². The first kappa shape index (κ1) is 19.6. The number of alkyl halides is 3. The van der Waals surface area contributed by atoms with Crippen molar-refractivity contribution >= 4 is 23.1 Å². The van der Waals surface area contributed by atoms with Crippen molar-refractivity contribution in [3.05, 3.63) is 37.9 Å². The summed E-state index contributed by atoms with van der Waals surface area (Å²) in [4.78, 5) is 35.5. The highest BCUT2D eigenvalue weighted by Gasteiger charge is 2.41. The molecule has 3 rings (SSSR count). The molecule has 13 heteroatoms. The Hall–Kier alpha value is -3.12. The average molecular weight is 403 g/mol. The number of carbonyl (C=O) groups is 1. The van der Waals surface area contributed by atoms with Gasteiger partial charge in [0.1, 0.15) is 0 Å². The molecule has 1 atom stereocenters. The number of halogens is 3. The van der Waals surface area contributed by atoms with Crippen molar-refractivity contribution in [1.82, 2.24) is 10.2 Å². The molecule has 2 heterocycles. The number of amides is 2. The van der Waals surface area contributed by atoms with Gasteiger partial charge in [0, 0.05) is 38.3 Å². The lowest BCUT2D eigenvalue weighted by Gasteiger charge is -2.37. The van der Waals surface area contributed by atoms with Crippen molar-refractivity contribution in [2.24, 2.45) is 0 Å². The summed E-state index contributed by atoms with van der Waals surface area (Å²) in [5.41, 5.74) is -3.88. The minimum Gasteiger partial charge on any atom is -0.358 e. The van der Waals surface area contributed by atoms with Gasteiger partial charge >= 0.3 is 12.2 Å². The smallest absolute Gasteiger partial charge is 0.358 e. The van der Waals surface area contributed by atoms with Crippen LogP contribution in [0.1, 0.15) is 18.4 Å². The molecule has 0 bridgehead atoms. The quantitative estimate of drug-likeness (QED) is 0.609. The maximum absolute atomic E-state index is 13.0. The molecule has 2 aliphatic rings. The Balaban J connectivity index is 2.05. The molecule has 10 nitrogen and oxygen atoms in total. The number of benzene rings is 1. The molecule has 152 valence electrons. The predicted molar refractivity (Wildman–Crippen MR) is 90.1 cm³/mol. The molecule has 0 saturated carbocycles. The molecule has 0 aromatic heterocycles. The van der Waals surface area contributed by atoms with Crippen LogP contribution in [0.3, 0.4) is 0 Å². The Morgan fingerprint density at radius 3 is 2.18 bits per heavy atom. The Labute approximate surface area is 156 Å². The minimum atomic E-state index is -4.97. The summed E-state index contributed by atoms with van der Waals surface area (Å²) in [7, 11) is 0. The number of hydrogen-bond donors (Lipinski definition) is 1. The maximum Gasteiger partial charge on any atom is 0.416 e. The largest absolute Gasteiger partial charge is 0.416 e. The normalized spacial score (nSPS) is 20.2. The summed E-state index contributed by atoms with van der Waals surface area (Å²) >= 11 is 0. The lowest BCUT2D eigenvalue weighted by molar-refractivity contribution is -0.393. The van der Waals surface area contributed by atoms with Crippen molar-refractivity contribution in [2.45, 2.75) is 25.1 Å². The van der Waals surface area contributed by atoms with Gasteiger partial charge in [-0.1, -0.05) is 0 Å². The Morgan fingerprint density at radius 1 is 1.11 bits per heavy atom. The van der Waals surface area contributed by atoms with E-state index in [9.17, 15) is 38.2 Å². The Bertz CT molecular complexity index is 796. The van der Waals surface area contributed by atoms with E-state index in [1.165, 1.54) is 9.80 Å². The molecule has 2 aliphatic heterocycles. The van der Waals surface area contributed by atoms with Crippen molar-refractivity contribution in [3.63, 3.8) is 0 Å². The number of carbonyl (C=O) groups excluding carboxylic acids is 1. The third kappa shape index (κ3) is 3.64. The van der Waals surface area contributed by atoms with Crippen LogP contribution in [0.15, 0.2) is 12.1 Å². The molecule has 0 aliphatic carbocycles. The van der Waals surface area contributed by atoms with Crippen LogP contribution in [0.4, 0.5) is 35.0 Å². The van der Waals surface area contributed by atoms with E-state index in [-0.39, 0.29) is 25.2 Å². The van der Waals surface area contributed by atoms with E-state index in [1.807, 2.05) is 0 Å². The standard InChI is InChI=1S/C15H16F3N5O5/c16-15(17,18)9-6-11(22(25)26)13(12(7-9)23(27)28)20-4-1-2-10(8-20)21-5-3-19-14(21)24/h6-7,10H,1-5,8H2,(H,19,24). The fraction of sp³-hybridized carbons (Fsp3) is 0.533. The lowest BCUT2D eigenvalue weighted by atomic mass is 10.0. The molecule has 2 saturated heterocycles. The Morgan fingerprint density at radius 2 is 1.71 bits per heavy atom. The number of piperidine rings is 1. The van der Waals surface area contributed by atoms with Gasteiger partial charge in [-0.3, -0.25) is 20.2 Å². The first-order valence-corrected chi connectivity index (χ1v) is 8.43. The summed E-state index contributed by atoms with van der Waals surface area (Å²) in [6.45, 7) is 1.11. The van der Waals surface area contributed by atoms with Crippen LogP contribution in [0, 0.1) is 20.2 Å². The molecule has 1 N–H and O–H groups in total. The van der Waals surface area contributed by atoms with Gasteiger partial charge in [0.2, 0.25) is 0 Å². The van der Waals surface area contributed by atoms with Crippen LogP contribution >= 0.6 is 0 Å². The Kier molecular flexibility index (Phi) is 5.00. The van der Waals surface area contributed by atoms with Crippen LogP contribution < -0.4 is 10.2 Å². The maximum atomic E-state index is 13.0. The number of nitro benzene ring substituents is 2. The fourth-order valence-electron chi connectivity index (χ4n) is 3.62. The third-order valence-electron chi connectivity index (χ3n) is 4.83. The first-order chi connectivity index (χ1) is 13.1. The zero-order valence-electron chi connectivity index (χ0n) is 14.4. The number of urea groups is 1. The zero-order chi connectivity index (χ0) is 20.6. The average Bonchev–Trinajstić information content (AvgIpc) is 3.05. The van der Waals surface area contributed by atoms with Crippen molar-refractivity contribution in [2.75, 3.05) is 31.1 Å². The number of nitro groups is 2. The number of rotatable bonds is 4. The van der Waals surface area contributed by atoms with Gasteiger partial charge in [-0.25, -0.2) is 4.79 Å². The van der Waals surface area contributed by atoms with Crippen molar-refractivity contribution in [3.8, 4) is 0 Å². The zero-order valence-corrected chi connectivity index (χ0v) is 14.4. The summed E-state index contributed by atoms with van der Waals surface area (Å²) in [5.74, 6) is 0. The van der Waals surface area contributed by atoms with Crippen molar-refractivity contribution in [1.29, 1.82) is 0 Å². The van der Waals surface area contributed by atoms with Gasteiger partial charge in [-0.15, -0.1) is 0 Å². The van der Waals surface area contributed by atoms with Gasteiger partial charge in [0.25, 0.3) is 11.4 Å². The van der Waals surface area contributed by atoms with E-state index in [0.717, 1.165) is 0 Å². The highest BCUT2D eigenvalue weighted by molar-refractivity contribution is 5.78. The van der Waals surface area contributed by atoms with E-state index in [4.69, 9.17) is 0 Å². The van der Waals surface area contributed by atoms with E-state index in [1.54, 1.807) is 0 Å². The van der Waals surface area contributed by atoms with Crippen molar-refractivity contribution < 1.29 is 27.8 Å². The monoisotopic (exact) mass is 403 g/mol. The van der Waals surface area contributed by atoms with Crippen LogP contribution in [-0.4, -0.2) is 53.0 Å². The molecule has 0 radical (unpaired) electrons.